The first-order chi connectivity index (χ1) is 18.5. The van der Waals surface area contributed by atoms with Gasteiger partial charge in [0.15, 0.2) is 0 Å². The van der Waals surface area contributed by atoms with E-state index in [1.165, 1.54) is 42.6 Å². The molecule has 39 heavy (non-hydrogen) atoms. The van der Waals surface area contributed by atoms with Gasteiger partial charge < -0.3 is 5.32 Å². The Labute approximate surface area is 227 Å². The molecule has 1 amide bonds. The van der Waals surface area contributed by atoms with E-state index in [1.807, 2.05) is 13.8 Å². The first kappa shape index (κ1) is 27.7. The lowest BCUT2D eigenvalue weighted by molar-refractivity contribution is -0.114. The van der Waals surface area contributed by atoms with Crippen LogP contribution in [0.25, 0.3) is 0 Å². The molecule has 0 unspecified atom stereocenters. The first-order valence-electron chi connectivity index (χ1n) is 11.8. The molecule has 0 aliphatic heterocycles. The van der Waals surface area contributed by atoms with E-state index in [0.717, 1.165) is 15.4 Å². The number of hydrogen-bond acceptors (Lipinski definition) is 7. The summed E-state index contributed by atoms with van der Waals surface area (Å²) in [7, 11) is -8.02. The maximum Gasteiger partial charge on any atom is 0.264 e. The van der Waals surface area contributed by atoms with Crippen LogP contribution < -0.4 is 14.3 Å². The van der Waals surface area contributed by atoms with Crippen molar-refractivity contribution in [1.29, 1.82) is 0 Å². The fraction of sp³-hybridized carbons (Fsp3) is 0.148. The minimum atomic E-state index is -4.06. The van der Waals surface area contributed by atoms with Gasteiger partial charge in [-0.05, 0) is 86.5 Å². The van der Waals surface area contributed by atoms with Gasteiger partial charge in [-0.2, -0.15) is 0 Å². The second kappa shape index (κ2) is 11.2. The third-order valence-corrected chi connectivity index (χ3v) is 9.00. The van der Waals surface area contributed by atoms with Gasteiger partial charge in [0.1, 0.15) is 6.54 Å². The zero-order valence-electron chi connectivity index (χ0n) is 21.5. The van der Waals surface area contributed by atoms with Gasteiger partial charge in [0, 0.05) is 17.6 Å². The van der Waals surface area contributed by atoms with E-state index in [0.29, 0.717) is 17.1 Å². The van der Waals surface area contributed by atoms with E-state index < -0.39 is 32.5 Å². The Hall–Kier alpha value is -4.29. The number of rotatable bonds is 9. The molecular weight excluding hydrogens is 538 g/mol. The number of hydrogen-bond donors (Lipinski definition) is 2. The second-order valence-corrected chi connectivity index (χ2v) is 12.3. The molecule has 0 atom stereocenters. The Balaban J connectivity index is 1.54. The summed E-state index contributed by atoms with van der Waals surface area (Å²) in [6, 6.07) is 20.1. The Morgan fingerprint density at radius 3 is 2.15 bits per heavy atom. The second-order valence-electron chi connectivity index (χ2n) is 8.79. The average molecular weight is 566 g/mol. The topological polar surface area (TPSA) is 138 Å². The molecule has 4 rings (SSSR count). The van der Waals surface area contributed by atoms with Crippen molar-refractivity contribution in [3.05, 3.63) is 102 Å². The molecule has 0 saturated carbocycles. The highest BCUT2D eigenvalue weighted by molar-refractivity contribution is 7.93. The van der Waals surface area contributed by atoms with Crippen molar-refractivity contribution in [2.24, 2.45) is 0 Å². The van der Waals surface area contributed by atoms with Crippen LogP contribution in [0.4, 0.5) is 17.3 Å². The number of nitrogens with zero attached hydrogens (tertiary/aromatic N) is 3. The smallest absolute Gasteiger partial charge is 0.264 e. The maximum atomic E-state index is 13.5. The van der Waals surface area contributed by atoms with E-state index in [-0.39, 0.29) is 15.7 Å². The molecule has 0 radical (unpaired) electrons. The minimum Gasteiger partial charge on any atom is -0.325 e. The predicted molar refractivity (Wildman–Crippen MR) is 150 cm³/mol. The van der Waals surface area contributed by atoms with Crippen molar-refractivity contribution in [1.82, 2.24) is 9.97 Å². The van der Waals surface area contributed by atoms with Crippen LogP contribution in [0.2, 0.25) is 0 Å². The van der Waals surface area contributed by atoms with Gasteiger partial charge >= 0.3 is 0 Å². The molecular formula is C27H27N5O5S2. The largest absolute Gasteiger partial charge is 0.325 e. The highest BCUT2D eigenvalue weighted by Gasteiger charge is 2.27. The van der Waals surface area contributed by atoms with Gasteiger partial charge in [-0.1, -0.05) is 24.3 Å². The molecule has 12 heteroatoms. The summed E-state index contributed by atoms with van der Waals surface area (Å²) < 4.78 is 55.8. The van der Waals surface area contributed by atoms with Gasteiger partial charge in [0.25, 0.3) is 20.0 Å². The van der Waals surface area contributed by atoms with Crippen LogP contribution in [-0.4, -0.2) is 39.3 Å². The Morgan fingerprint density at radius 1 is 0.821 bits per heavy atom. The molecule has 4 aromatic rings. The number of nitrogens with one attached hydrogen (secondary N) is 2. The molecule has 1 heterocycles. The van der Waals surface area contributed by atoms with Crippen molar-refractivity contribution in [2.75, 3.05) is 20.9 Å². The molecule has 2 N–H and O–H groups in total. The van der Waals surface area contributed by atoms with Crippen molar-refractivity contribution in [3.63, 3.8) is 0 Å². The Bertz CT molecular complexity index is 1710. The first-order valence-corrected chi connectivity index (χ1v) is 14.8. The summed E-state index contributed by atoms with van der Waals surface area (Å²) in [5, 5.41) is 2.64. The molecule has 3 aromatic carbocycles. The van der Waals surface area contributed by atoms with Crippen LogP contribution in [-0.2, 0) is 24.8 Å². The van der Waals surface area contributed by atoms with Crippen molar-refractivity contribution in [3.8, 4) is 0 Å². The summed E-state index contributed by atoms with van der Waals surface area (Å²) in [6.07, 6.45) is 1.44. The quantitative estimate of drug-likeness (QED) is 0.312. The monoisotopic (exact) mass is 565 g/mol. The highest BCUT2D eigenvalue weighted by atomic mass is 32.2. The fourth-order valence-corrected chi connectivity index (χ4v) is 6.03. The number of amides is 1. The van der Waals surface area contributed by atoms with Crippen molar-refractivity contribution >= 4 is 43.3 Å². The van der Waals surface area contributed by atoms with Gasteiger partial charge in [-0.3, -0.25) is 9.10 Å². The van der Waals surface area contributed by atoms with E-state index in [2.05, 4.69) is 20.0 Å². The molecule has 0 fully saturated rings. The van der Waals surface area contributed by atoms with E-state index in [1.54, 1.807) is 49.4 Å². The fourth-order valence-electron chi connectivity index (χ4n) is 3.64. The molecule has 0 bridgehead atoms. The zero-order chi connectivity index (χ0) is 28.2. The predicted octanol–water partition coefficient (Wildman–Crippen LogP) is 4.04. The average Bonchev–Trinajstić information content (AvgIpc) is 2.89. The number of carbonyl (C=O) groups is 1. The van der Waals surface area contributed by atoms with Gasteiger partial charge in [-0.25, -0.2) is 31.5 Å². The molecule has 10 nitrogen and oxygen atoms in total. The lowest BCUT2D eigenvalue weighted by Gasteiger charge is -2.25. The van der Waals surface area contributed by atoms with Crippen LogP contribution in [0, 0.1) is 20.8 Å². The van der Waals surface area contributed by atoms with Crippen LogP contribution in [0.5, 0.6) is 0 Å². The lowest BCUT2D eigenvalue weighted by atomic mass is 10.1. The third-order valence-electron chi connectivity index (χ3n) is 5.87. The van der Waals surface area contributed by atoms with E-state index >= 15 is 0 Å². The molecule has 202 valence electrons. The summed E-state index contributed by atoms with van der Waals surface area (Å²) in [5.41, 5.74) is 3.11. The van der Waals surface area contributed by atoms with Gasteiger partial charge in [0.05, 0.1) is 15.5 Å². The minimum absolute atomic E-state index is 0.0516. The van der Waals surface area contributed by atoms with E-state index in [4.69, 9.17) is 0 Å². The maximum absolute atomic E-state index is 13.5. The van der Waals surface area contributed by atoms with E-state index in [9.17, 15) is 21.6 Å². The summed E-state index contributed by atoms with van der Waals surface area (Å²) >= 11 is 0. The molecule has 0 spiro atoms. The van der Waals surface area contributed by atoms with Crippen LogP contribution in [0.1, 0.15) is 16.8 Å². The van der Waals surface area contributed by atoms with Crippen LogP contribution in [0.15, 0.2) is 94.9 Å². The summed E-state index contributed by atoms with van der Waals surface area (Å²) in [4.78, 5) is 20.9. The third kappa shape index (κ3) is 6.59. The zero-order valence-corrected chi connectivity index (χ0v) is 23.1. The molecule has 1 aromatic heterocycles. The number of benzene rings is 3. The Kier molecular flexibility index (Phi) is 7.98. The van der Waals surface area contributed by atoms with Gasteiger partial charge in [0.2, 0.25) is 11.9 Å². The lowest BCUT2D eigenvalue weighted by Crippen LogP contribution is -2.38. The van der Waals surface area contributed by atoms with Gasteiger partial charge in [-0.15, -0.1) is 0 Å². The molecule has 0 saturated heterocycles. The highest BCUT2D eigenvalue weighted by Crippen LogP contribution is 2.26. The van der Waals surface area contributed by atoms with Crippen molar-refractivity contribution in [2.45, 2.75) is 30.6 Å². The summed E-state index contributed by atoms with van der Waals surface area (Å²) in [5.74, 6) is -0.659. The number of sulfonamides is 2. The molecule has 0 aliphatic carbocycles. The van der Waals surface area contributed by atoms with Crippen LogP contribution >= 0.6 is 0 Å². The number of anilines is 3. The van der Waals surface area contributed by atoms with Crippen molar-refractivity contribution < 1.29 is 21.6 Å². The number of aryl methyl sites for hydroxylation is 3. The Morgan fingerprint density at radius 2 is 1.51 bits per heavy atom. The standard InChI is InChI=1S/C27H27N5O5S2/c1-19-9-12-23(17-20(19)2)32(39(36,37)25-7-5-4-6-8-25)18-26(33)30-22-10-13-24(14-11-22)38(34,35)31-27-28-16-15-21(3)29-27/h4-17H,18H2,1-3H3,(H,30,33)(H,28,29,31). The normalized spacial score (nSPS) is 11.6. The number of carbonyl (C=O) groups excluding carboxylic acids is 1. The van der Waals surface area contributed by atoms with Crippen LogP contribution in [0.3, 0.4) is 0 Å². The SMILES string of the molecule is Cc1ccnc(NS(=O)(=O)c2ccc(NC(=O)CN(c3ccc(C)c(C)c3)S(=O)(=O)c3ccccc3)cc2)n1. The number of aromatic nitrogens is 2. The molecule has 0 aliphatic rings. The summed E-state index contributed by atoms with van der Waals surface area (Å²) in [6.45, 7) is 4.99.